The molecule has 60 valence electrons. The van der Waals surface area contributed by atoms with E-state index in [-0.39, 0.29) is 0 Å². The largest absolute Gasteiger partial charge is 0.271 e. The van der Waals surface area contributed by atoms with Gasteiger partial charge in [0, 0.05) is 6.04 Å². The molecule has 2 nitrogen and oxygen atoms in total. The van der Waals surface area contributed by atoms with Gasteiger partial charge in [-0.25, -0.2) is 0 Å². The Morgan fingerprint density at radius 2 is 2.00 bits per heavy atom. The van der Waals surface area contributed by atoms with E-state index in [1.54, 1.807) is 0 Å². The van der Waals surface area contributed by atoms with Crippen molar-refractivity contribution in [1.29, 1.82) is 0 Å². The highest BCUT2D eigenvalue weighted by Gasteiger charge is 2.25. The fourth-order valence-corrected chi connectivity index (χ4v) is 1.82. The zero-order valence-corrected chi connectivity index (χ0v) is 6.93. The van der Waals surface area contributed by atoms with E-state index in [4.69, 9.17) is 5.84 Å². The summed E-state index contributed by atoms with van der Waals surface area (Å²) in [6.07, 6.45) is 3.96. The van der Waals surface area contributed by atoms with Crippen molar-refractivity contribution in [2.45, 2.75) is 39.2 Å². The van der Waals surface area contributed by atoms with E-state index in [9.17, 15) is 0 Å². The van der Waals surface area contributed by atoms with E-state index in [1.807, 2.05) is 0 Å². The van der Waals surface area contributed by atoms with Crippen molar-refractivity contribution >= 4 is 0 Å². The minimum absolute atomic E-state index is 0.559. The lowest BCUT2D eigenvalue weighted by atomic mass is 9.78. The van der Waals surface area contributed by atoms with Crippen LogP contribution in [0.5, 0.6) is 0 Å². The molecule has 1 rings (SSSR count). The van der Waals surface area contributed by atoms with Crippen LogP contribution in [0.3, 0.4) is 0 Å². The van der Waals surface area contributed by atoms with Crippen LogP contribution >= 0.6 is 0 Å². The molecule has 0 aromatic rings. The minimum Gasteiger partial charge on any atom is -0.271 e. The van der Waals surface area contributed by atoms with Gasteiger partial charge < -0.3 is 0 Å². The number of nitrogens with one attached hydrogen (secondary N) is 1. The summed E-state index contributed by atoms with van der Waals surface area (Å²) in [4.78, 5) is 0. The summed E-state index contributed by atoms with van der Waals surface area (Å²) in [7, 11) is 0. The zero-order chi connectivity index (χ0) is 7.56. The molecular formula is C8H18N2. The SMILES string of the molecule is C[C@H]1[C@H](C)CCC[C@H]1NN. The van der Waals surface area contributed by atoms with Crippen LogP contribution in [-0.2, 0) is 0 Å². The topological polar surface area (TPSA) is 38.0 Å². The Hall–Kier alpha value is -0.0800. The molecule has 0 saturated heterocycles. The Morgan fingerprint density at radius 1 is 1.30 bits per heavy atom. The summed E-state index contributed by atoms with van der Waals surface area (Å²) in [5.41, 5.74) is 2.88. The van der Waals surface area contributed by atoms with Crippen LogP contribution < -0.4 is 11.3 Å². The second kappa shape index (κ2) is 3.35. The first-order valence-corrected chi connectivity index (χ1v) is 4.22. The summed E-state index contributed by atoms with van der Waals surface area (Å²) >= 11 is 0. The summed E-state index contributed by atoms with van der Waals surface area (Å²) in [6.45, 7) is 4.60. The van der Waals surface area contributed by atoms with Gasteiger partial charge in [0.15, 0.2) is 0 Å². The third-order valence-corrected chi connectivity index (χ3v) is 2.92. The van der Waals surface area contributed by atoms with E-state index in [1.165, 1.54) is 19.3 Å². The summed E-state index contributed by atoms with van der Waals surface area (Å²) in [5.74, 6) is 7.00. The third-order valence-electron chi connectivity index (χ3n) is 2.92. The van der Waals surface area contributed by atoms with Crippen molar-refractivity contribution in [2.24, 2.45) is 17.7 Å². The smallest absolute Gasteiger partial charge is 0.0238 e. The monoisotopic (exact) mass is 142 g/mol. The van der Waals surface area contributed by atoms with E-state index < -0.39 is 0 Å². The van der Waals surface area contributed by atoms with Crippen molar-refractivity contribution in [1.82, 2.24) is 5.43 Å². The van der Waals surface area contributed by atoms with E-state index in [2.05, 4.69) is 19.3 Å². The third kappa shape index (κ3) is 1.50. The first kappa shape index (κ1) is 8.02. The van der Waals surface area contributed by atoms with Crippen LogP contribution in [0.4, 0.5) is 0 Å². The first-order valence-electron chi connectivity index (χ1n) is 4.22. The second-order valence-electron chi connectivity index (χ2n) is 3.54. The number of hydrogen-bond donors (Lipinski definition) is 2. The van der Waals surface area contributed by atoms with Gasteiger partial charge in [-0.15, -0.1) is 0 Å². The number of nitrogens with two attached hydrogens (primary N) is 1. The zero-order valence-electron chi connectivity index (χ0n) is 6.93. The van der Waals surface area contributed by atoms with Gasteiger partial charge in [0.25, 0.3) is 0 Å². The number of hydrazine groups is 1. The Balaban J connectivity index is 2.42. The first-order chi connectivity index (χ1) is 4.75. The molecule has 0 unspecified atom stereocenters. The molecule has 0 amide bonds. The van der Waals surface area contributed by atoms with Crippen molar-refractivity contribution in [3.05, 3.63) is 0 Å². The Labute approximate surface area is 63.1 Å². The molecule has 3 N–H and O–H groups in total. The fraction of sp³-hybridized carbons (Fsp3) is 1.00. The van der Waals surface area contributed by atoms with Crippen LogP contribution in [0, 0.1) is 11.8 Å². The van der Waals surface area contributed by atoms with Gasteiger partial charge in [0.2, 0.25) is 0 Å². The van der Waals surface area contributed by atoms with Crippen molar-refractivity contribution < 1.29 is 0 Å². The Morgan fingerprint density at radius 3 is 2.50 bits per heavy atom. The Kier molecular flexibility index (Phi) is 2.69. The predicted molar refractivity (Wildman–Crippen MR) is 43.3 cm³/mol. The lowest BCUT2D eigenvalue weighted by molar-refractivity contribution is 0.208. The minimum atomic E-state index is 0.559. The normalized spacial score (nSPS) is 41.7. The molecule has 1 saturated carbocycles. The van der Waals surface area contributed by atoms with Crippen LogP contribution in [0.15, 0.2) is 0 Å². The van der Waals surface area contributed by atoms with Gasteiger partial charge in [-0.3, -0.25) is 11.3 Å². The fourth-order valence-electron chi connectivity index (χ4n) is 1.82. The highest BCUT2D eigenvalue weighted by atomic mass is 15.2. The molecule has 0 aromatic carbocycles. The molecule has 0 aliphatic heterocycles. The van der Waals surface area contributed by atoms with Gasteiger partial charge in [-0.05, 0) is 18.3 Å². The Bertz CT molecular complexity index is 103. The summed E-state index contributed by atoms with van der Waals surface area (Å²) in [5, 5.41) is 0. The highest BCUT2D eigenvalue weighted by molar-refractivity contribution is 4.80. The molecule has 2 heteroatoms. The predicted octanol–water partition coefficient (Wildman–Crippen LogP) is 1.27. The highest BCUT2D eigenvalue weighted by Crippen LogP contribution is 2.28. The van der Waals surface area contributed by atoms with E-state index in [0.29, 0.717) is 6.04 Å². The van der Waals surface area contributed by atoms with Crippen molar-refractivity contribution in [3.8, 4) is 0 Å². The molecule has 0 bridgehead atoms. The van der Waals surface area contributed by atoms with Gasteiger partial charge in [-0.2, -0.15) is 0 Å². The van der Waals surface area contributed by atoms with E-state index >= 15 is 0 Å². The lowest BCUT2D eigenvalue weighted by Crippen LogP contribution is -2.44. The summed E-state index contributed by atoms with van der Waals surface area (Å²) < 4.78 is 0. The molecule has 0 radical (unpaired) electrons. The van der Waals surface area contributed by atoms with Crippen molar-refractivity contribution in [2.75, 3.05) is 0 Å². The van der Waals surface area contributed by atoms with Gasteiger partial charge in [0.05, 0.1) is 0 Å². The lowest BCUT2D eigenvalue weighted by Gasteiger charge is -2.33. The molecule has 1 aliphatic rings. The molecule has 0 aromatic heterocycles. The standard InChI is InChI=1S/C8H18N2/c1-6-4-3-5-8(10-9)7(6)2/h6-8,10H,3-5,9H2,1-2H3/t6-,7+,8-/m1/s1. The van der Waals surface area contributed by atoms with Gasteiger partial charge in [-0.1, -0.05) is 26.7 Å². The molecule has 3 atom stereocenters. The average molecular weight is 142 g/mol. The van der Waals surface area contributed by atoms with Crippen LogP contribution in [0.25, 0.3) is 0 Å². The maximum absolute atomic E-state index is 5.41. The summed E-state index contributed by atoms with van der Waals surface area (Å²) in [6, 6.07) is 0.559. The molecular weight excluding hydrogens is 124 g/mol. The maximum Gasteiger partial charge on any atom is 0.0238 e. The van der Waals surface area contributed by atoms with Crippen LogP contribution in [0.2, 0.25) is 0 Å². The quantitative estimate of drug-likeness (QED) is 0.427. The maximum atomic E-state index is 5.41. The van der Waals surface area contributed by atoms with Gasteiger partial charge >= 0.3 is 0 Å². The van der Waals surface area contributed by atoms with E-state index in [0.717, 1.165) is 11.8 Å². The average Bonchev–Trinajstić information content (AvgIpc) is 1.95. The molecule has 1 aliphatic carbocycles. The number of hydrogen-bond acceptors (Lipinski definition) is 2. The number of rotatable bonds is 1. The van der Waals surface area contributed by atoms with Gasteiger partial charge in [0.1, 0.15) is 0 Å². The molecule has 10 heavy (non-hydrogen) atoms. The van der Waals surface area contributed by atoms with Crippen LogP contribution in [0.1, 0.15) is 33.1 Å². The molecule has 1 fully saturated rings. The molecule has 0 spiro atoms. The second-order valence-corrected chi connectivity index (χ2v) is 3.54. The van der Waals surface area contributed by atoms with Crippen molar-refractivity contribution in [3.63, 3.8) is 0 Å². The van der Waals surface area contributed by atoms with Crippen LogP contribution in [-0.4, -0.2) is 6.04 Å². The molecule has 0 heterocycles.